The van der Waals surface area contributed by atoms with E-state index in [-0.39, 0.29) is 30.6 Å². The third kappa shape index (κ3) is 10.4. The molecule has 1 spiro atoms. The Labute approximate surface area is 323 Å². The summed E-state index contributed by atoms with van der Waals surface area (Å²) in [6.07, 6.45) is 3.62. The molecule has 3 atom stereocenters. The number of nitrogens with two attached hydrogens (primary N) is 1. The molecule has 2 amide bonds. The van der Waals surface area contributed by atoms with Crippen molar-refractivity contribution in [3.63, 3.8) is 0 Å². The maximum atomic E-state index is 12.6. The van der Waals surface area contributed by atoms with Gasteiger partial charge in [0.15, 0.2) is 12.1 Å². The molecule has 3 unspecified atom stereocenters. The number of carbonyl (C=O) groups is 2. The highest BCUT2D eigenvalue weighted by atomic mass is 16.7. The van der Waals surface area contributed by atoms with E-state index >= 15 is 0 Å². The first-order chi connectivity index (χ1) is 26.8. The number of hydrogen-bond donors (Lipinski definition) is 4. The van der Waals surface area contributed by atoms with Crippen LogP contribution in [0.25, 0.3) is 11.1 Å². The first-order valence-electron chi connectivity index (χ1n) is 19.5. The molecule has 4 aromatic carbocycles. The van der Waals surface area contributed by atoms with Gasteiger partial charge in [-0.1, -0.05) is 78.9 Å². The number of anilines is 2. The third-order valence-electron chi connectivity index (χ3n) is 10.7. The molecular formula is C44H52N4O7. The van der Waals surface area contributed by atoms with Crippen LogP contribution in [0.15, 0.2) is 97.1 Å². The van der Waals surface area contributed by atoms with Crippen LogP contribution in [0.2, 0.25) is 0 Å². The first-order valence-corrected chi connectivity index (χ1v) is 19.5. The third-order valence-corrected chi connectivity index (χ3v) is 10.7. The molecule has 290 valence electrons. The molecule has 3 fully saturated rings. The highest BCUT2D eigenvalue weighted by Crippen LogP contribution is 2.39. The minimum Gasteiger partial charge on any atom is -0.397 e. The Bertz CT molecular complexity index is 1870. The lowest BCUT2D eigenvalue weighted by Crippen LogP contribution is -2.48. The van der Waals surface area contributed by atoms with Gasteiger partial charge in [-0.05, 0) is 58.9 Å². The van der Waals surface area contributed by atoms with Crippen molar-refractivity contribution in [3.8, 4) is 11.1 Å². The average Bonchev–Trinajstić information content (AvgIpc) is 3.68. The summed E-state index contributed by atoms with van der Waals surface area (Å²) in [5, 5.41) is 15.4. The lowest BCUT2D eigenvalue weighted by atomic mass is 9.98. The summed E-state index contributed by atoms with van der Waals surface area (Å²) < 4.78 is 25.2. The molecule has 7 rings (SSSR count). The van der Waals surface area contributed by atoms with Crippen molar-refractivity contribution in [2.75, 3.05) is 43.9 Å². The van der Waals surface area contributed by atoms with Gasteiger partial charge in [-0.3, -0.25) is 9.59 Å². The molecule has 0 bridgehead atoms. The van der Waals surface area contributed by atoms with Gasteiger partial charge < -0.3 is 45.3 Å². The Balaban J connectivity index is 0.922. The molecule has 0 radical (unpaired) electrons. The Morgan fingerprint density at radius 2 is 1.49 bits per heavy atom. The Morgan fingerprint density at radius 1 is 0.782 bits per heavy atom. The molecule has 0 aliphatic carbocycles. The lowest BCUT2D eigenvalue weighted by Gasteiger charge is -2.41. The van der Waals surface area contributed by atoms with E-state index in [2.05, 4.69) is 51.9 Å². The van der Waals surface area contributed by atoms with E-state index in [0.29, 0.717) is 56.8 Å². The van der Waals surface area contributed by atoms with Crippen LogP contribution >= 0.6 is 0 Å². The quantitative estimate of drug-likeness (QED) is 0.0826. The molecule has 11 nitrogen and oxygen atoms in total. The van der Waals surface area contributed by atoms with E-state index in [1.54, 1.807) is 12.1 Å². The van der Waals surface area contributed by atoms with Crippen LogP contribution in [0.4, 0.5) is 11.4 Å². The maximum absolute atomic E-state index is 12.6. The van der Waals surface area contributed by atoms with E-state index in [9.17, 15) is 14.7 Å². The molecule has 4 aromatic rings. The fourth-order valence-electron chi connectivity index (χ4n) is 7.56. The maximum Gasteiger partial charge on any atom is 0.224 e. The fraction of sp³-hybridized carbons (Fsp3) is 0.409. The molecule has 3 saturated heterocycles. The number of piperidine rings is 1. The van der Waals surface area contributed by atoms with Crippen molar-refractivity contribution in [3.05, 3.63) is 119 Å². The van der Waals surface area contributed by atoms with Crippen LogP contribution in [0.1, 0.15) is 79.6 Å². The number of aliphatic hydroxyl groups is 1. The number of hydrogen-bond acceptors (Lipinski definition) is 9. The zero-order valence-corrected chi connectivity index (χ0v) is 31.3. The predicted molar refractivity (Wildman–Crippen MR) is 210 cm³/mol. The van der Waals surface area contributed by atoms with Crippen LogP contribution in [-0.4, -0.2) is 66.6 Å². The molecule has 3 heterocycles. The van der Waals surface area contributed by atoms with E-state index in [0.717, 1.165) is 72.3 Å². The highest BCUT2D eigenvalue weighted by molar-refractivity contribution is 5.93. The summed E-state index contributed by atoms with van der Waals surface area (Å²) in [5.41, 5.74) is 13.0. The molecule has 3 aliphatic heterocycles. The van der Waals surface area contributed by atoms with E-state index < -0.39 is 12.1 Å². The highest BCUT2D eigenvalue weighted by Gasteiger charge is 2.41. The number of unbranched alkanes of at least 4 members (excludes halogenated alkanes) is 1. The van der Waals surface area contributed by atoms with Crippen molar-refractivity contribution in [1.82, 2.24) is 10.2 Å². The van der Waals surface area contributed by atoms with Gasteiger partial charge in [0, 0.05) is 63.8 Å². The van der Waals surface area contributed by atoms with Crippen molar-refractivity contribution >= 4 is 23.2 Å². The normalized spacial score (nSPS) is 21.0. The van der Waals surface area contributed by atoms with E-state index in [1.807, 2.05) is 48.5 Å². The number of aliphatic hydroxyl groups excluding tert-OH is 1. The van der Waals surface area contributed by atoms with Gasteiger partial charge in [0.05, 0.1) is 43.4 Å². The van der Waals surface area contributed by atoms with Gasteiger partial charge in [-0.15, -0.1) is 0 Å². The van der Waals surface area contributed by atoms with Gasteiger partial charge in [-0.2, -0.15) is 0 Å². The molecule has 0 aromatic heterocycles. The predicted octanol–water partition coefficient (Wildman–Crippen LogP) is 6.63. The lowest BCUT2D eigenvalue weighted by molar-refractivity contribution is -0.255. The number of nitrogens with zero attached hydrogens (tertiary/aromatic N) is 1. The summed E-state index contributed by atoms with van der Waals surface area (Å²) in [6, 6.07) is 31.6. The zero-order chi connectivity index (χ0) is 38.0. The number of carbonyl (C=O) groups excluding carboxylic acids is 2. The molecule has 0 saturated carbocycles. The number of amides is 2. The van der Waals surface area contributed by atoms with E-state index in [1.165, 1.54) is 0 Å². The standard InChI is InChI=1S/C44H52N4O7/c45-38-8-1-2-9-39(38)47-42(51)11-4-3-10-41(50)46-28-32-6-5-7-36(26-32)33-16-18-35(19-17-33)43-54-37(27-40(55-43)34-14-12-31(30-49)13-15-34)29-48-22-20-44(21-23-48)52-24-25-53-44/h1-2,5-9,12-19,26,37,40,43,49H,3-4,10-11,20-25,27-30,45H2,(H,46,50)(H,47,51). The number of ether oxygens (including phenoxy) is 4. The molecule has 5 N–H and O–H groups in total. The van der Waals surface area contributed by atoms with Crippen LogP contribution < -0.4 is 16.4 Å². The van der Waals surface area contributed by atoms with Crippen molar-refractivity contribution in [2.45, 2.75) is 82.4 Å². The second-order valence-corrected chi connectivity index (χ2v) is 14.7. The van der Waals surface area contributed by atoms with E-state index in [4.69, 9.17) is 24.7 Å². The van der Waals surface area contributed by atoms with Crippen LogP contribution in [0.3, 0.4) is 0 Å². The van der Waals surface area contributed by atoms with Crippen LogP contribution in [0.5, 0.6) is 0 Å². The summed E-state index contributed by atoms with van der Waals surface area (Å²) >= 11 is 0. The number of likely N-dealkylation sites (tertiary alicyclic amines) is 1. The summed E-state index contributed by atoms with van der Waals surface area (Å²) in [4.78, 5) is 27.3. The Kier molecular flexibility index (Phi) is 12.9. The number of nitrogens with one attached hydrogen (secondary N) is 2. The van der Waals surface area contributed by atoms with Gasteiger partial charge in [0.1, 0.15) is 0 Å². The van der Waals surface area contributed by atoms with Gasteiger partial charge >= 0.3 is 0 Å². The first kappa shape index (κ1) is 38.6. The van der Waals surface area contributed by atoms with Gasteiger partial charge in [0.25, 0.3) is 0 Å². The monoisotopic (exact) mass is 748 g/mol. The Hall–Kier alpha value is -4.62. The van der Waals surface area contributed by atoms with Gasteiger partial charge in [-0.25, -0.2) is 0 Å². The number of para-hydroxylation sites is 2. The van der Waals surface area contributed by atoms with Crippen LogP contribution in [-0.2, 0) is 41.7 Å². The number of rotatable bonds is 14. The van der Waals surface area contributed by atoms with Crippen molar-refractivity contribution in [2.24, 2.45) is 0 Å². The zero-order valence-electron chi connectivity index (χ0n) is 31.3. The van der Waals surface area contributed by atoms with Gasteiger partial charge in [0.2, 0.25) is 11.8 Å². The van der Waals surface area contributed by atoms with Crippen molar-refractivity contribution < 1.29 is 33.6 Å². The largest absolute Gasteiger partial charge is 0.397 e. The Morgan fingerprint density at radius 3 is 2.22 bits per heavy atom. The summed E-state index contributed by atoms with van der Waals surface area (Å²) in [5.74, 6) is -0.571. The topological polar surface area (TPSA) is 145 Å². The molecule has 3 aliphatic rings. The number of benzene rings is 4. The molecule has 55 heavy (non-hydrogen) atoms. The summed E-state index contributed by atoms with van der Waals surface area (Å²) in [7, 11) is 0. The number of nitrogen functional groups attached to an aromatic ring is 1. The SMILES string of the molecule is Nc1ccccc1NC(=O)CCCCC(=O)NCc1cccc(-c2ccc(C3OC(CN4CCC5(CC4)OCCO5)CC(c4ccc(CO)cc4)O3)cc2)c1. The van der Waals surface area contributed by atoms with Crippen molar-refractivity contribution in [1.29, 1.82) is 0 Å². The minimum atomic E-state index is -0.536. The second-order valence-electron chi connectivity index (χ2n) is 14.7. The minimum absolute atomic E-state index is 0.00347. The molecular weight excluding hydrogens is 697 g/mol. The summed E-state index contributed by atoms with van der Waals surface area (Å²) in [6.45, 7) is 4.34. The van der Waals surface area contributed by atoms with Crippen LogP contribution in [0, 0.1) is 0 Å². The smallest absolute Gasteiger partial charge is 0.224 e. The fourth-order valence-corrected chi connectivity index (χ4v) is 7.56. The molecule has 11 heteroatoms. The second kappa shape index (κ2) is 18.3. The average molecular weight is 749 g/mol.